The molecule has 1 aromatic carbocycles. The van der Waals surface area contributed by atoms with Crippen LogP contribution in [0.5, 0.6) is 0 Å². The number of rotatable bonds is 5. The summed E-state index contributed by atoms with van der Waals surface area (Å²) in [5, 5.41) is 5.42. The maximum absolute atomic E-state index is 12.6. The van der Waals surface area contributed by atoms with Gasteiger partial charge in [-0.05, 0) is 36.6 Å². The Morgan fingerprint density at radius 3 is 2.52 bits per heavy atom. The molecule has 2 heterocycles. The van der Waals surface area contributed by atoms with Crippen LogP contribution in [0, 0.1) is 0 Å². The predicted octanol–water partition coefficient (Wildman–Crippen LogP) is 3.39. The van der Waals surface area contributed by atoms with Crippen molar-refractivity contribution in [2.75, 3.05) is 31.5 Å². The molecular weight excluding hydrogens is 429 g/mol. The normalized spacial score (nSPS) is 17.6. The molecule has 0 aliphatic carbocycles. The molecule has 6 nitrogen and oxygen atoms in total. The molecule has 1 atom stereocenters. The van der Waals surface area contributed by atoms with Crippen LogP contribution in [-0.4, -0.2) is 55.8 Å². The van der Waals surface area contributed by atoms with Gasteiger partial charge in [-0.2, -0.15) is 4.31 Å². The largest absolute Gasteiger partial charge is 0.323 e. The molecule has 146 valence electrons. The third-order valence-corrected chi connectivity index (χ3v) is 8.31. The summed E-state index contributed by atoms with van der Waals surface area (Å²) in [7, 11) is -3.45. The maximum atomic E-state index is 12.6. The second kappa shape index (κ2) is 8.46. The van der Waals surface area contributed by atoms with Gasteiger partial charge in [0.05, 0.1) is 16.8 Å². The van der Waals surface area contributed by atoms with Crippen LogP contribution >= 0.6 is 34.5 Å². The highest BCUT2D eigenvalue weighted by atomic mass is 35.5. The number of carbonyl (C=O) groups is 1. The third kappa shape index (κ3) is 4.64. The molecule has 27 heavy (non-hydrogen) atoms. The summed E-state index contributed by atoms with van der Waals surface area (Å²) in [6.45, 7) is 3.42. The molecule has 1 amide bonds. The van der Waals surface area contributed by atoms with Crippen molar-refractivity contribution in [1.29, 1.82) is 0 Å². The molecule has 1 aliphatic heterocycles. The van der Waals surface area contributed by atoms with Crippen molar-refractivity contribution in [2.45, 2.75) is 17.2 Å². The minimum atomic E-state index is -3.45. The molecule has 3 rings (SSSR count). The second-order valence-corrected chi connectivity index (χ2v) is 10.1. The number of nitrogens with zero attached hydrogens (tertiary/aromatic N) is 2. The van der Waals surface area contributed by atoms with E-state index in [1.165, 1.54) is 15.6 Å². The zero-order valence-electron chi connectivity index (χ0n) is 14.6. The van der Waals surface area contributed by atoms with Crippen LogP contribution in [0.1, 0.15) is 6.92 Å². The monoisotopic (exact) mass is 447 g/mol. The van der Waals surface area contributed by atoms with E-state index in [-0.39, 0.29) is 5.91 Å². The van der Waals surface area contributed by atoms with Crippen molar-refractivity contribution in [2.24, 2.45) is 0 Å². The van der Waals surface area contributed by atoms with Gasteiger partial charge in [0.25, 0.3) is 10.0 Å². The van der Waals surface area contributed by atoms with E-state index in [0.29, 0.717) is 46.1 Å². The molecule has 1 saturated heterocycles. The first-order valence-corrected chi connectivity index (χ1v) is 11.4. The highest BCUT2D eigenvalue weighted by Crippen LogP contribution is 2.26. The molecule has 0 radical (unpaired) electrons. The van der Waals surface area contributed by atoms with Crippen LogP contribution in [0.15, 0.2) is 39.9 Å². The number of nitrogens with one attached hydrogen (secondary N) is 1. The standard InChI is InChI=1S/C17H19Cl2N3O3S2/c1-12(17(23)20-15-11-13(18)4-5-14(15)19)21-6-8-22(9-7-21)27(24,25)16-3-2-10-26-16/h2-5,10-12H,6-9H2,1H3,(H,20,23). The van der Waals surface area contributed by atoms with E-state index < -0.39 is 16.1 Å². The fraction of sp³-hybridized carbons (Fsp3) is 0.353. The Balaban J connectivity index is 1.60. The average molecular weight is 448 g/mol. The third-order valence-electron chi connectivity index (χ3n) is 4.48. The minimum Gasteiger partial charge on any atom is -0.323 e. The lowest BCUT2D eigenvalue weighted by Gasteiger charge is -2.36. The van der Waals surface area contributed by atoms with Gasteiger partial charge in [-0.3, -0.25) is 9.69 Å². The average Bonchev–Trinajstić information content (AvgIpc) is 3.20. The highest BCUT2D eigenvalue weighted by molar-refractivity contribution is 7.91. The zero-order chi connectivity index (χ0) is 19.6. The van der Waals surface area contributed by atoms with E-state index in [1.54, 1.807) is 42.6 Å². The van der Waals surface area contributed by atoms with Gasteiger partial charge in [-0.25, -0.2) is 8.42 Å². The summed E-state index contributed by atoms with van der Waals surface area (Å²) in [5.41, 5.74) is 0.458. The molecule has 1 aromatic heterocycles. The molecule has 10 heteroatoms. The van der Waals surface area contributed by atoms with E-state index in [9.17, 15) is 13.2 Å². The van der Waals surface area contributed by atoms with Gasteiger partial charge in [0, 0.05) is 31.2 Å². The number of benzene rings is 1. The first kappa shape index (κ1) is 20.6. The number of carbonyl (C=O) groups excluding carboxylic acids is 1. The van der Waals surface area contributed by atoms with Crippen molar-refractivity contribution < 1.29 is 13.2 Å². The van der Waals surface area contributed by atoms with E-state index in [4.69, 9.17) is 23.2 Å². The SMILES string of the molecule is CC(C(=O)Nc1cc(Cl)ccc1Cl)N1CCN(S(=O)(=O)c2cccs2)CC1. The summed E-state index contributed by atoms with van der Waals surface area (Å²) < 4.78 is 27.0. The summed E-state index contributed by atoms with van der Waals surface area (Å²) in [5.74, 6) is -0.214. The number of anilines is 1. The Hall–Kier alpha value is -1.16. The molecule has 1 N–H and O–H groups in total. The van der Waals surface area contributed by atoms with Gasteiger partial charge in [0.15, 0.2) is 0 Å². The predicted molar refractivity (Wildman–Crippen MR) is 109 cm³/mol. The summed E-state index contributed by atoms with van der Waals surface area (Å²) in [4.78, 5) is 14.5. The fourth-order valence-corrected chi connectivity index (χ4v) is 5.77. The van der Waals surface area contributed by atoms with Gasteiger partial charge >= 0.3 is 0 Å². The smallest absolute Gasteiger partial charge is 0.252 e. The van der Waals surface area contributed by atoms with Crippen molar-refractivity contribution in [3.63, 3.8) is 0 Å². The van der Waals surface area contributed by atoms with Gasteiger partial charge in [-0.1, -0.05) is 29.3 Å². The van der Waals surface area contributed by atoms with E-state index >= 15 is 0 Å². The van der Waals surface area contributed by atoms with Crippen LogP contribution in [0.25, 0.3) is 0 Å². The number of hydrogen-bond donors (Lipinski definition) is 1. The molecular formula is C17H19Cl2N3O3S2. The molecule has 0 bridgehead atoms. The summed E-state index contributed by atoms with van der Waals surface area (Å²) in [6, 6.07) is 7.78. The van der Waals surface area contributed by atoms with Crippen LogP contribution in [0.2, 0.25) is 10.0 Å². The Morgan fingerprint density at radius 1 is 1.19 bits per heavy atom. The zero-order valence-corrected chi connectivity index (χ0v) is 17.7. The first-order valence-electron chi connectivity index (χ1n) is 8.32. The van der Waals surface area contributed by atoms with Crippen LogP contribution in [0.3, 0.4) is 0 Å². The van der Waals surface area contributed by atoms with Crippen LogP contribution < -0.4 is 5.32 Å². The van der Waals surface area contributed by atoms with E-state index in [2.05, 4.69) is 5.32 Å². The number of halogens is 2. The molecule has 1 unspecified atom stereocenters. The number of sulfonamides is 1. The van der Waals surface area contributed by atoms with Crippen molar-refractivity contribution in [3.8, 4) is 0 Å². The molecule has 0 spiro atoms. The van der Waals surface area contributed by atoms with Crippen molar-refractivity contribution in [3.05, 3.63) is 45.8 Å². The van der Waals surface area contributed by atoms with Crippen LogP contribution in [-0.2, 0) is 14.8 Å². The number of piperazine rings is 1. The lowest BCUT2D eigenvalue weighted by Crippen LogP contribution is -2.53. The first-order chi connectivity index (χ1) is 12.8. The van der Waals surface area contributed by atoms with Gasteiger partial charge in [0.1, 0.15) is 4.21 Å². The minimum absolute atomic E-state index is 0.214. The molecule has 2 aromatic rings. The van der Waals surface area contributed by atoms with Gasteiger partial charge in [-0.15, -0.1) is 11.3 Å². The Morgan fingerprint density at radius 2 is 1.89 bits per heavy atom. The topological polar surface area (TPSA) is 69.7 Å². The number of thiophene rings is 1. The van der Waals surface area contributed by atoms with E-state index in [1.807, 2.05) is 4.90 Å². The summed E-state index contributed by atoms with van der Waals surface area (Å²) >= 11 is 13.2. The van der Waals surface area contributed by atoms with Crippen molar-refractivity contribution in [1.82, 2.24) is 9.21 Å². The Kier molecular flexibility index (Phi) is 6.45. The van der Waals surface area contributed by atoms with Crippen molar-refractivity contribution >= 4 is 56.2 Å². The molecule has 0 saturated carbocycles. The maximum Gasteiger partial charge on any atom is 0.252 e. The molecule has 1 aliphatic rings. The van der Waals surface area contributed by atoms with Gasteiger partial charge < -0.3 is 5.32 Å². The number of amides is 1. The van der Waals surface area contributed by atoms with E-state index in [0.717, 1.165) is 0 Å². The lowest BCUT2D eigenvalue weighted by atomic mass is 10.2. The lowest BCUT2D eigenvalue weighted by molar-refractivity contribution is -0.121. The fourth-order valence-electron chi connectivity index (χ4n) is 2.87. The number of hydrogen-bond acceptors (Lipinski definition) is 5. The summed E-state index contributed by atoms with van der Waals surface area (Å²) in [6.07, 6.45) is 0. The van der Waals surface area contributed by atoms with Gasteiger partial charge in [0.2, 0.25) is 5.91 Å². The van der Waals surface area contributed by atoms with Crippen LogP contribution in [0.4, 0.5) is 5.69 Å². The Labute approximate surface area is 172 Å². The quantitative estimate of drug-likeness (QED) is 0.762. The second-order valence-electron chi connectivity index (χ2n) is 6.16. The highest BCUT2D eigenvalue weighted by Gasteiger charge is 2.32. The Bertz CT molecular complexity index is 912. The molecule has 1 fully saturated rings.